The van der Waals surface area contributed by atoms with Gasteiger partial charge in [0.05, 0.1) is 19.5 Å². The first kappa shape index (κ1) is 48.3. The molecule has 9 heteroatoms. The SMILES string of the molecule is CCCCCC=CCC=CCC=CCCCCC(=O)OC[C@H](COP(=O)(O)OCCN)OC=CCCCCCCCCCCCCCCCC. The van der Waals surface area contributed by atoms with Gasteiger partial charge in [0.25, 0.3) is 0 Å². The molecular formula is C41H76NO7P. The fourth-order valence-electron chi connectivity index (χ4n) is 5.28. The molecule has 0 aromatic heterocycles. The third-order valence-corrected chi connectivity index (χ3v) is 9.32. The summed E-state index contributed by atoms with van der Waals surface area (Å²) in [5, 5.41) is 0. The first-order chi connectivity index (χ1) is 24.4. The highest BCUT2D eigenvalue weighted by Crippen LogP contribution is 2.43. The van der Waals surface area contributed by atoms with Crippen molar-refractivity contribution >= 4 is 13.8 Å². The summed E-state index contributed by atoms with van der Waals surface area (Å²) in [6.45, 7) is 4.14. The Balaban J connectivity index is 4.18. The van der Waals surface area contributed by atoms with Crippen molar-refractivity contribution in [2.24, 2.45) is 5.73 Å². The molecule has 0 radical (unpaired) electrons. The summed E-state index contributed by atoms with van der Waals surface area (Å²) in [6, 6.07) is 0. The van der Waals surface area contributed by atoms with E-state index in [-0.39, 0.29) is 32.3 Å². The zero-order valence-electron chi connectivity index (χ0n) is 32.1. The van der Waals surface area contributed by atoms with Crippen LogP contribution in [0.25, 0.3) is 0 Å². The number of allylic oxidation sites excluding steroid dienone is 7. The van der Waals surface area contributed by atoms with Crippen LogP contribution in [0.4, 0.5) is 0 Å². The number of nitrogens with two attached hydrogens (primary N) is 1. The van der Waals surface area contributed by atoms with Crippen molar-refractivity contribution in [1.29, 1.82) is 0 Å². The minimum Gasteiger partial charge on any atom is -0.492 e. The molecule has 0 bridgehead atoms. The Labute approximate surface area is 307 Å². The van der Waals surface area contributed by atoms with Crippen LogP contribution in [0.5, 0.6) is 0 Å². The first-order valence-corrected chi connectivity index (χ1v) is 21.7. The van der Waals surface area contributed by atoms with Gasteiger partial charge in [-0.1, -0.05) is 147 Å². The molecular weight excluding hydrogens is 649 g/mol. The lowest BCUT2D eigenvalue weighted by atomic mass is 10.0. The number of hydrogen-bond donors (Lipinski definition) is 2. The quantitative estimate of drug-likeness (QED) is 0.0212. The van der Waals surface area contributed by atoms with Gasteiger partial charge >= 0.3 is 13.8 Å². The molecule has 0 spiro atoms. The van der Waals surface area contributed by atoms with E-state index in [1.54, 1.807) is 6.26 Å². The highest BCUT2D eigenvalue weighted by Gasteiger charge is 2.24. The van der Waals surface area contributed by atoms with Gasteiger partial charge in [0.1, 0.15) is 6.61 Å². The number of rotatable bonds is 38. The normalized spacial score (nSPS) is 14.0. The Morgan fingerprint density at radius 3 is 1.64 bits per heavy atom. The minimum atomic E-state index is -4.27. The molecule has 0 saturated carbocycles. The Morgan fingerprint density at radius 2 is 1.08 bits per heavy atom. The Bertz CT molecular complexity index is 905. The second kappa shape index (κ2) is 38.5. The average molecular weight is 726 g/mol. The van der Waals surface area contributed by atoms with Gasteiger partial charge in [-0.15, -0.1) is 0 Å². The highest BCUT2D eigenvalue weighted by molar-refractivity contribution is 7.47. The van der Waals surface area contributed by atoms with E-state index >= 15 is 0 Å². The van der Waals surface area contributed by atoms with E-state index in [0.717, 1.165) is 44.9 Å². The maximum absolute atomic E-state index is 12.3. The van der Waals surface area contributed by atoms with Crippen LogP contribution < -0.4 is 5.73 Å². The van der Waals surface area contributed by atoms with Crippen LogP contribution in [0.1, 0.15) is 174 Å². The summed E-state index contributed by atoms with van der Waals surface area (Å²) in [5.41, 5.74) is 5.35. The van der Waals surface area contributed by atoms with Crippen molar-refractivity contribution in [3.05, 3.63) is 48.8 Å². The fraction of sp³-hybridized carbons (Fsp3) is 0.780. The summed E-state index contributed by atoms with van der Waals surface area (Å²) >= 11 is 0. The molecule has 2 atom stereocenters. The Hall–Kier alpha value is -1.70. The van der Waals surface area contributed by atoms with Gasteiger partial charge in [-0.3, -0.25) is 13.8 Å². The lowest BCUT2D eigenvalue weighted by molar-refractivity contribution is -0.147. The largest absolute Gasteiger partial charge is 0.492 e. The number of carbonyl (C=O) groups is 1. The van der Waals surface area contributed by atoms with Crippen LogP contribution in [0.3, 0.4) is 0 Å². The summed E-state index contributed by atoms with van der Waals surface area (Å²) in [5.74, 6) is -0.328. The number of hydrogen-bond acceptors (Lipinski definition) is 7. The standard InChI is InChI=1S/C41H76NO7P/c1-3-5-7-9-11-13-15-17-19-21-23-25-27-29-31-33-36-46-40(39-49-50(44,45)48-37-35-42)38-47-41(43)34-32-30-28-26-24-22-20-18-16-14-12-10-8-6-4-2/h12,14,18,20,24,26,33,36,40H,3-11,13,15-17,19,21-23,25,27-32,34-35,37-39,42H2,1-2H3,(H,44,45)/t40-/m1/s1. The number of phosphoric ester groups is 1. The third kappa shape index (κ3) is 37.6. The van der Waals surface area contributed by atoms with E-state index in [4.69, 9.17) is 24.3 Å². The maximum atomic E-state index is 12.3. The van der Waals surface area contributed by atoms with E-state index in [1.807, 2.05) is 6.08 Å². The average Bonchev–Trinajstić information content (AvgIpc) is 3.11. The fourth-order valence-corrected chi connectivity index (χ4v) is 6.05. The molecule has 0 aliphatic heterocycles. The van der Waals surface area contributed by atoms with Crippen molar-refractivity contribution in [2.75, 3.05) is 26.4 Å². The molecule has 0 aromatic carbocycles. The van der Waals surface area contributed by atoms with Crippen molar-refractivity contribution in [1.82, 2.24) is 0 Å². The molecule has 292 valence electrons. The summed E-state index contributed by atoms with van der Waals surface area (Å²) in [6.07, 6.45) is 45.1. The van der Waals surface area contributed by atoms with E-state index in [9.17, 15) is 14.3 Å². The van der Waals surface area contributed by atoms with Gasteiger partial charge in [0.15, 0.2) is 6.10 Å². The molecule has 0 aliphatic rings. The van der Waals surface area contributed by atoms with Gasteiger partial charge in [0, 0.05) is 13.0 Å². The number of ether oxygens (including phenoxy) is 2. The van der Waals surface area contributed by atoms with Crippen molar-refractivity contribution in [3.8, 4) is 0 Å². The maximum Gasteiger partial charge on any atom is 0.472 e. The van der Waals surface area contributed by atoms with Crippen LogP contribution in [-0.2, 0) is 27.9 Å². The molecule has 50 heavy (non-hydrogen) atoms. The van der Waals surface area contributed by atoms with Gasteiger partial charge in [-0.05, 0) is 63.9 Å². The second-order valence-corrected chi connectivity index (χ2v) is 14.7. The van der Waals surface area contributed by atoms with Crippen molar-refractivity contribution in [3.63, 3.8) is 0 Å². The highest BCUT2D eigenvalue weighted by atomic mass is 31.2. The van der Waals surface area contributed by atoms with Crippen LogP contribution in [0, 0.1) is 0 Å². The van der Waals surface area contributed by atoms with Crippen LogP contribution in [-0.4, -0.2) is 43.3 Å². The predicted octanol–water partition coefficient (Wildman–Crippen LogP) is 12.0. The van der Waals surface area contributed by atoms with E-state index in [1.165, 1.54) is 109 Å². The Morgan fingerprint density at radius 1 is 0.620 bits per heavy atom. The molecule has 3 N–H and O–H groups in total. The van der Waals surface area contributed by atoms with E-state index in [2.05, 4.69) is 50.3 Å². The van der Waals surface area contributed by atoms with Gasteiger partial charge in [-0.25, -0.2) is 4.57 Å². The van der Waals surface area contributed by atoms with Crippen molar-refractivity contribution < 1.29 is 32.8 Å². The molecule has 0 amide bonds. The topological polar surface area (TPSA) is 117 Å². The zero-order chi connectivity index (χ0) is 36.6. The summed E-state index contributed by atoms with van der Waals surface area (Å²) < 4.78 is 33.1. The van der Waals surface area contributed by atoms with Gasteiger partial charge in [-0.2, -0.15) is 0 Å². The number of carbonyl (C=O) groups excluding carboxylic acids is 1. The smallest absolute Gasteiger partial charge is 0.472 e. The predicted molar refractivity (Wildman–Crippen MR) is 210 cm³/mol. The van der Waals surface area contributed by atoms with Crippen LogP contribution >= 0.6 is 7.82 Å². The zero-order valence-corrected chi connectivity index (χ0v) is 33.0. The lowest BCUT2D eigenvalue weighted by Crippen LogP contribution is -2.25. The molecule has 0 heterocycles. The number of unbranched alkanes of at least 4 members (excludes halogenated alkanes) is 19. The molecule has 0 fully saturated rings. The van der Waals surface area contributed by atoms with Gasteiger partial charge in [0.2, 0.25) is 0 Å². The monoisotopic (exact) mass is 726 g/mol. The minimum absolute atomic E-state index is 0.0842. The summed E-state index contributed by atoms with van der Waals surface area (Å²) in [4.78, 5) is 22.2. The molecule has 8 nitrogen and oxygen atoms in total. The number of esters is 1. The second-order valence-electron chi connectivity index (χ2n) is 13.2. The van der Waals surface area contributed by atoms with E-state index in [0.29, 0.717) is 6.42 Å². The molecule has 0 rings (SSSR count). The molecule has 1 unspecified atom stereocenters. The number of phosphoric acid groups is 1. The van der Waals surface area contributed by atoms with Crippen LogP contribution in [0.2, 0.25) is 0 Å². The van der Waals surface area contributed by atoms with E-state index < -0.39 is 13.9 Å². The third-order valence-electron chi connectivity index (χ3n) is 8.34. The summed E-state index contributed by atoms with van der Waals surface area (Å²) in [7, 11) is -4.27. The first-order valence-electron chi connectivity index (χ1n) is 20.2. The van der Waals surface area contributed by atoms with Gasteiger partial charge < -0.3 is 20.1 Å². The molecule has 0 saturated heterocycles. The lowest BCUT2D eigenvalue weighted by Gasteiger charge is -2.19. The van der Waals surface area contributed by atoms with Crippen molar-refractivity contribution in [2.45, 2.75) is 180 Å². The van der Waals surface area contributed by atoms with Crippen LogP contribution in [0.15, 0.2) is 48.8 Å². The molecule has 0 aliphatic carbocycles. The molecule has 0 aromatic rings. The Kier molecular flexibility index (Phi) is 37.2.